The third kappa shape index (κ3) is 3.59. The second kappa shape index (κ2) is 6.64. The van der Waals surface area contributed by atoms with E-state index in [2.05, 4.69) is 31.9 Å². The van der Waals surface area contributed by atoms with E-state index in [4.69, 9.17) is 4.52 Å². The number of rotatable bonds is 2. The predicted molar refractivity (Wildman–Crippen MR) is 89.3 cm³/mol. The summed E-state index contributed by atoms with van der Waals surface area (Å²) in [4.78, 5) is 12.6. The topological polar surface area (TPSA) is 64.7 Å². The fourth-order valence-electron chi connectivity index (χ4n) is 2.84. The Bertz CT molecular complexity index is 958. The molecule has 0 N–H and O–H groups in total. The van der Waals surface area contributed by atoms with Crippen molar-refractivity contribution in [1.82, 2.24) is 20.1 Å². The number of nitrogens with zero attached hydrogens (tertiary/aromatic N) is 4. The summed E-state index contributed by atoms with van der Waals surface area (Å²) in [5.41, 5.74) is 1.90. The molecule has 3 aromatic rings. The van der Waals surface area contributed by atoms with Gasteiger partial charge in [0, 0.05) is 36.7 Å². The zero-order valence-electron chi connectivity index (χ0n) is 13.7. The largest absolute Gasteiger partial charge is 0.339 e. The van der Waals surface area contributed by atoms with E-state index in [1.165, 1.54) is 0 Å². The standard InChI is InChI=1S/C19H14F2N4O/c20-19(21)9-8-14(11-19)18-24-17(25-26-18)16-7-5-13(12-23-16)4-6-15-3-1-2-10-22-15/h1-3,5,7,10,12,14H,8-9,11H2/t14-/m1/s1. The Kier molecular flexibility index (Phi) is 4.17. The lowest BCUT2D eigenvalue weighted by Crippen LogP contribution is -2.09. The van der Waals surface area contributed by atoms with Crippen LogP contribution in [-0.2, 0) is 0 Å². The maximum atomic E-state index is 13.3. The molecule has 3 heterocycles. The Labute approximate surface area is 148 Å². The molecule has 0 bridgehead atoms. The number of aromatic nitrogens is 4. The molecule has 0 unspecified atom stereocenters. The van der Waals surface area contributed by atoms with Crippen molar-refractivity contribution in [1.29, 1.82) is 0 Å². The van der Waals surface area contributed by atoms with Gasteiger partial charge in [-0.05, 0) is 36.6 Å². The zero-order chi connectivity index (χ0) is 18.0. The molecule has 0 radical (unpaired) electrons. The van der Waals surface area contributed by atoms with Crippen LogP contribution in [0.2, 0.25) is 0 Å². The summed E-state index contributed by atoms with van der Waals surface area (Å²) in [5, 5.41) is 3.86. The first-order chi connectivity index (χ1) is 12.6. The molecule has 5 nitrogen and oxygen atoms in total. The minimum absolute atomic E-state index is 0.142. The quantitative estimate of drug-likeness (QED) is 0.656. The second-order valence-electron chi connectivity index (χ2n) is 6.15. The van der Waals surface area contributed by atoms with Crippen molar-refractivity contribution in [3.8, 4) is 23.4 Å². The minimum Gasteiger partial charge on any atom is -0.339 e. The summed E-state index contributed by atoms with van der Waals surface area (Å²) in [6.45, 7) is 0. The summed E-state index contributed by atoms with van der Waals surface area (Å²) in [5.74, 6) is 3.42. The summed E-state index contributed by atoms with van der Waals surface area (Å²) in [6, 6.07) is 9.03. The minimum atomic E-state index is -2.65. The number of pyridine rings is 2. The van der Waals surface area contributed by atoms with Crippen molar-refractivity contribution in [2.24, 2.45) is 0 Å². The summed E-state index contributed by atoms with van der Waals surface area (Å²) >= 11 is 0. The molecule has 4 rings (SSSR count). The Morgan fingerprint density at radius 3 is 2.73 bits per heavy atom. The maximum absolute atomic E-state index is 13.3. The highest BCUT2D eigenvalue weighted by Crippen LogP contribution is 2.43. The molecule has 0 aliphatic heterocycles. The van der Waals surface area contributed by atoms with E-state index < -0.39 is 11.8 Å². The van der Waals surface area contributed by atoms with E-state index in [9.17, 15) is 8.78 Å². The Balaban J connectivity index is 1.49. The molecule has 1 fully saturated rings. The highest BCUT2D eigenvalue weighted by molar-refractivity contribution is 5.50. The molecule has 0 aromatic carbocycles. The first-order valence-corrected chi connectivity index (χ1v) is 8.20. The van der Waals surface area contributed by atoms with Gasteiger partial charge in [-0.15, -0.1) is 0 Å². The lowest BCUT2D eigenvalue weighted by atomic mass is 10.1. The van der Waals surface area contributed by atoms with E-state index in [1.807, 2.05) is 18.2 Å². The Morgan fingerprint density at radius 2 is 2.04 bits per heavy atom. The Hall–Kier alpha value is -3.14. The van der Waals surface area contributed by atoms with Crippen molar-refractivity contribution in [3.63, 3.8) is 0 Å². The average molecular weight is 352 g/mol. The van der Waals surface area contributed by atoms with Crippen molar-refractivity contribution >= 4 is 0 Å². The predicted octanol–water partition coefficient (Wildman–Crippen LogP) is 3.83. The van der Waals surface area contributed by atoms with Crippen molar-refractivity contribution < 1.29 is 13.3 Å². The van der Waals surface area contributed by atoms with E-state index in [1.54, 1.807) is 24.5 Å². The van der Waals surface area contributed by atoms with Gasteiger partial charge in [0.05, 0.1) is 0 Å². The van der Waals surface area contributed by atoms with Crippen LogP contribution in [0.15, 0.2) is 47.2 Å². The van der Waals surface area contributed by atoms with Crippen molar-refractivity contribution in [2.75, 3.05) is 0 Å². The van der Waals surface area contributed by atoms with Gasteiger partial charge in [-0.25, -0.2) is 13.8 Å². The molecule has 26 heavy (non-hydrogen) atoms. The summed E-state index contributed by atoms with van der Waals surface area (Å²) in [6.07, 6.45) is 3.25. The second-order valence-corrected chi connectivity index (χ2v) is 6.15. The molecule has 7 heteroatoms. The highest BCUT2D eigenvalue weighted by Gasteiger charge is 2.42. The van der Waals surface area contributed by atoms with Gasteiger partial charge in [-0.1, -0.05) is 17.1 Å². The van der Waals surface area contributed by atoms with Gasteiger partial charge in [-0.3, -0.25) is 4.98 Å². The summed E-state index contributed by atoms with van der Waals surface area (Å²) in [7, 11) is 0. The van der Waals surface area contributed by atoms with Crippen LogP contribution >= 0.6 is 0 Å². The number of alkyl halides is 2. The van der Waals surface area contributed by atoms with Crippen molar-refractivity contribution in [3.05, 3.63) is 59.9 Å². The van der Waals surface area contributed by atoms with Gasteiger partial charge in [0.1, 0.15) is 11.4 Å². The molecule has 1 atom stereocenters. The smallest absolute Gasteiger partial charge is 0.248 e. The number of halogens is 2. The van der Waals surface area contributed by atoms with Gasteiger partial charge < -0.3 is 4.52 Å². The first kappa shape index (κ1) is 16.3. The molecule has 130 valence electrons. The fourth-order valence-corrected chi connectivity index (χ4v) is 2.84. The van der Waals surface area contributed by atoms with E-state index in [0.717, 1.165) is 5.56 Å². The summed E-state index contributed by atoms with van der Waals surface area (Å²) < 4.78 is 31.8. The fraction of sp³-hybridized carbons (Fsp3) is 0.263. The SMILES string of the molecule is FC1(F)CC[C@@H](c2nc(-c3ccc(C#Cc4ccccn4)cn3)no2)C1. The van der Waals surface area contributed by atoms with Gasteiger partial charge in [0.2, 0.25) is 17.6 Å². The molecule has 0 amide bonds. The van der Waals surface area contributed by atoms with Crippen LogP contribution in [0.25, 0.3) is 11.5 Å². The average Bonchev–Trinajstić information content (AvgIpc) is 3.28. The third-order valence-electron chi connectivity index (χ3n) is 4.19. The van der Waals surface area contributed by atoms with Gasteiger partial charge in [0.15, 0.2) is 0 Å². The molecule has 3 aromatic heterocycles. The molecule has 1 saturated carbocycles. The van der Waals surface area contributed by atoms with Crippen LogP contribution in [0, 0.1) is 11.8 Å². The van der Waals surface area contributed by atoms with Crippen LogP contribution < -0.4 is 0 Å². The maximum Gasteiger partial charge on any atom is 0.248 e. The van der Waals surface area contributed by atoms with Crippen LogP contribution in [0.5, 0.6) is 0 Å². The monoisotopic (exact) mass is 352 g/mol. The molecule has 1 aliphatic rings. The van der Waals surface area contributed by atoms with Crippen molar-refractivity contribution in [2.45, 2.75) is 31.1 Å². The van der Waals surface area contributed by atoms with Gasteiger partial charge >= 0.3 is 0 Å². The van der Waals surface area contributed by atoms with Crippen LogP contribution in [-0.4, -0.2) is 26.0 Å². The van der Waals surface area contributed by atoms with E-state index >= 15 is 0 Å². The molecule has 0 spiro atoms. The molecular formula is C19H14F2N4O. The van der Waals surface area contributed by atoms with Crippen LogP contribution in [0.1, 0.15) is 42.3 Å². The lowest BCUT2D eigenvalue weighted by Gasteiger charge is -2.05. The number of hydrogen-bond donors (Lipinski definition) is 0. The van der Waals surface area contributed by atoms with E-state index in [-0.39, 0.29) is 18.7 Å². The molecule has 1 aliphatic carbocycles. The highest BCUT2D eigenvalue weighted by atomic mass is 19.3. The van der Waals surface area contributed by atoms with Gasteiger partial charge in [0.25, 0.3) is 0 Å². The molecule has 0 saturated heterocycles. The van der Waals surface area contributed by atoms with Gasteiger partial charge in [-0.2, -0.15) is 4.98 Å². The van der Waals surface area contributed by atoms with Crippen LogP contribution in [0.4, 0.5) is 8.78 Å². The van der Waals surface area contributed by atoms with E-state index in [0.29, 0.717) is 23.6 Å². The zero-order valence-corrected chi connectivity index (χ0v) is 13.7. The number of hydrogen-bond acceptors (Lipinski definition) is 5. The third-order valence-corrected chi connectivity index (χ3v) is 4.19. The first-order valence-electron chi connectivity index (χ1n) is 8.20. The van der Waals surface area contributed by atoms with Crippen LogP contribution in [0.3, 0.4) is 0 Å². The molecular weight excluding hydrogens is 338 g/mol. The Morgan fingerprint density at radius 1 is 1.12 bits per heavy atom. The lowest BCUT2D eigenvalue weighted by molar-refractivity contribution is 0.00690. The normalized spacial score (nSPS) is 18.3.